The Kier molecular flexibility index (Phi) is 5.21. The number of hydrogen-bond donors (Lipinski definition) is 0. The molecule has 3 rings (SSSR count). The van der Waals surface area contributed by atoms with Gasteiger partial charge in [0.05, 0.1) is 11.5 Å². The molecule has 0 fully saturated rings. The van der Waals surface area contributed by atoms with Gasteiger partial charge in [0.2, 0.25) is 0 Å². The third-order valence-electron chi connectivity index (χ3n) is 4.54. The van der Waals surface area contributed by atoms with Crippen molar-refractivity contribution in [2.45, 2.75) is 37.3 Å². The smallest absolute Gasteiger partial charge is 0.292 e. The van der Waals surface area contributed by atoms with Crippen LogP contribution in [-0.4, -0.2) is 24.7 Å². The van der Waals surface area contributed by atoms with Gasteiger partial charge in [-0.3, -0.25) is 14.0 Å². The standard InChI is InChI=1S/C19H18F3N5OS/c1-5-29-13-6-11(18(2,3)10-23)8-24-16(13)12-9-27-15(25-12)7-14(19(20,21)22)26(4)17(27)28/h6-9H,5H2,1-4H3. The Morgan fingerprint density at radius 3 is 2.55 bits per heavy atom. The number of pyridine rings is 1. The number of nitriles is 1. The Hall–Kier alpha value is -2.80. The third-order valence-corrected chi connectivity index (χ3v) is 5.45. The molecule has 0 radical (unpaired) electrons. The topological polar surface area (TPSA) is 76.0 Å². The summed E-state index contributed by atoms with van der Waals surface area (Å²) >= 11 is 1.48. The first-order valence-corrected chi connectivity index (χ1v) is 9.69. The molecule has 10 heteroatoms. The van der Waals surface area contributed by atoms with Crippen LogP contribution in [0.3, 0.4) is 0 Å². The summed E-state index contributed by atoms with van der Waals surface area (Å²) in [6, 6.07) is 4.90. The van der Waals surface area contributed by atoms with Gasteiger partial charge >= 0.3 is 11.9 Å². The van der Waals surface area contributed by atoms with Gasteiger partial charge in [0.15, 0.2) is 0 Å². The molecule has 6 nitrogen and oxygen atoms in total. The fourth-order valence-corrected chi connectivity index (χ4v) is 3.64. The Labute approximate surface area is 169 Å². The number of hydrogen-bond acceptors (Lipinski definition) is 5. The van der Waals surface area contributed by atoms with Crippen LogP contribution in [0.15, 0.2) is 34.2 Å². The van der Waals surface area contributed by atoms with E-state index in [2.05, 4.69) is 16.0 Å². The quantitative estimate of drug-likeness (QED) is 0.595. The van der Waals surface area contributed by atoms with Crippen LogP contribution in [0, 0.1) is 11.3 Å². The predicted molar refractivity (Wildman–Crippen MR) is 104 cm³/mol. The summed E-state index contributed by atoms with van der Waals surface area (Å²) in [6.45, 7) is 5.50. The lowest BCUT2D eigenvalue weighted by molar-refractivity contribution is -0.143. The summed E-state index contributed by atoms with van der Waals surface area (Å²) in [5, 5.41) is 9.37. The maximum absolute atomic E-state index is 13.2. The van der Waals surface area contributed by atoms with E-state index < -0.39 is 23.0 Å². The highest BCUT2D eigenvalue weighted by atomic mass is 32.2. The van der Waals surface area contributed by atoms with Crippen molar-refractivity contribution in [2.75, 3.05) is 5.75 Å². The van der Waals surface area contributed by atoms with Crippen LogP contribution in [0.4, 0.5) is 13.2 Å². The Morgan fingerprint density at radius 2 is 1.97 bits per heavy atom. The summed E-state index contributed by atoms with van der Waals surface area (Å²) in [5.41, 5.74) is -1.31. The maximum Gasteiger partial charge on any atom is 0.431 e. The van der Waals surface area contributed by atoms with Crippen LogP contribution in [0.2, 0.25) is 0 Å². The second-order valence-corrected chi connectivity index (χ2v) is 8.27. The number of thioether (sulfide) groups is 1. The molecule has 3 aromatic rings. The van der Waals surface area contributed by atoms with E-state index in [1.54, 1.807) is 20.0 Å². The van der Waals surface area contributed by atoms with Crippen LogP contribution < -0.4 is 5.69 Å². The Morgan fingerprint density at radius 1 is 1.28 bits per heavy atom. The van der Waals surface area contributed by atoms with Crippen LogP contribution in [0.5, 0.6) is 0 Å². The number of rotatable bonds is 4. The average Bonchev–Trinajstić information content (AvgIpc) is 3.08. The highest BCUT2D eigenvalue weighted by molar-refractivity contribution is 7.99. The molecule has 0 aliphatic rings. The first kappa shape index (κ1) is 20.9. The molecular formula is C19H18F3N5OS. The van der Waals surface area contributed by atoms with E-state index in [4.69, 9.17) is 0 Å². The molecule has 0 atom stereocenters. The van der Waals surface area contributed by atoms with E-state index in [9.17, 15) is 23.2 Å². The average molecular weight is 421 g/mol. The van der Waals surface area contributed by atoms with Gasteiger partial charge in [0.1, 0.15) is 22.7 Å². The minimum absolute atomic E-state index is 0.105. The van der Waals surface area contributed by atoms with Crippen molar-refractivity contribution in [3.05, 3.63) is 46.3 Å². The molecule has 29 heavy (non-hydrogen) atoms. The van der Waals surface area contributed by atoms with Gasteiger partial charge in [-0.2, -0.15) is 18.4 Å². The molecule has 3 heterocycles. The SMILES string of the molecule is CCSc1cc(C(C)(C)C#N)cnc1-c1cn2c(=O)n(C)c(C(F)(F)F)cc2n1. The Balaban J connectivity index is 2.22. The molecule has 0 spiro atoms. The third kappa shape index (κ3) is 3.74. The predicted octanol–water partition coefficient (Wildman–Crippen LogP) is 4.03. The number of halogens is 3. The molecule has 0 saturated heterocycles. The fourth-order valence-electron chi connectivity index (χ4n) is 2.83. The van der Waals surface area contributed by atoms with Gasteiger partial charge in [0.25, 0.3) is 0 Å². The first-order chi connectivity index (χ1) is 13.5. The monoisotopic (exact) mass is 421 g/mol. The minimum atomic E-state index is -4.67. The molecule has 0 amide bonds. The van der Waals surface area contributed by atoms with Crippen molar-refractivity contribution in [2.24, 2.45) is 7.05 Å². The van der Waals surface area contributed by atoms with Crippen LogP contribution in [0.25, 0.3) is 17.0 Å². The van der Waals surface area contributed by atoms with E-state index in [1.165, 1.54) is 18.0 Å². The number of fused-ring (bicyclic) bond motifs is 1. The number of alkyl halides is 3. The first-order valence-electron chi connectivity index (χ1n) is 8.71. The van der Waals surface area contributed by atoms with Gasteiger partial charge in [-0.05, 0) is 31.2 Å². The fraction of sp³-hybridized carbons (Fsp3) is 0.368. The number of aromatic nitrogens is 4. The normalized spacial score (nSPS) is 12.3. The van der Waals surface area contributed by atoms with E-state index >= 15 is 0 Å². The molecule has 0 bridgehead atoms. The molecule has 0 aliphatic carbocycles. The van der Waals surface area contributed by atoms with Crippen molar-refractivity contribution in [1.29, 1.82) is 5.26 Å². The molecule has 0 aromatic carbocycles. The molecule has 0 unspecified atom stereocenters. The molecular weight excluding hydrogens is 403 g/mol. The maximum atomic E-state index is 13.2. The zero-order chi connectivity index (χ0) is 21.6. The van der Waals surface area contributed by atoms with Gasteiger partial charge in [-0.25, -0.2) is 9.78 Å². The molecule has 0 N–H and O–H groups in total. The number of nitrogens with zero attached hydrogens (tertiary/aromatic N) is 5. The second-order valence-electron chi connectivity index (χ2n) is 6.96. The van der Waals surface area contributed by atoms with Gasteiger partial charge in [0, 0.05) is 30.4 Å². The van der Waals surface area contributed by atoms with Crippen LogP contribution in [-0.2, 0) is 18.6 Å². The summed E-state index contributed by atoms with van der Waals surface area (Å²) in [7, 11) is 1.07. The molecule has 3 aromatic heterocycles. The van der Waals surface area contributed by atoms with Gasteiger partial charge in [-0.15, -0.1) is 11.8 Å². The highest BCUT2D eigenvalue weighted by Crippen LogP contribution is 2.34. The zero-order valence-corrected chi connectivity index (χ0v) is 17.0. The largest absolute Gasteiger partial charge is 0.431 e. The Bertz CT molecular complexity index is 1190. The molecule has 0 aliphatic heterocycles. The van der Waals surface area contributed by atoms with Crippen LogP contribution in [0.1, 0.15) is 32.0 Å². The molecule has 0 saturated carbocycles. The lowest BCUT2D eigenvalue weighted by Gasteiger charge is -2.17. The van der Waals surface area contributed by atoms with Crippen LogP contribution >= 0.6 is 11.8 Å². The zero-order valence-electron chi connectivity index (χ0n) is 16.2. The minimum Gasteiger partial charge on any atom is -0.292 e. The van der Waals surface area contributed by atoms with E-state index in [0.29, 0.717) is 16.0 Å². The van der Waals surface area contributed by atoms with Gasteiger partial charge < -0.3 is 0 Å². The van der Waals surface area contributed by atoms with Crippen molar-refractivity contribution in [1.82, 2.24) is 18.9 Å². The van der Waals surface area contributed by atoms with Crippen molar-refractivity contribution in [3.63, 3.8) is 0 Å². The summed E-state index contributed by atoms with van der Waals surface area (Å²) in [5.74, 6) is 0.721. The number of imidazole rings is 1. The van der Waals surface area contributed by atoms with E-state index in [0.717, 1.165) is 33.7 Å². The summed E-state index contributed by atoms with van der Waals surface area (Å²) < 4.78 is 41.2. The second kappa shape index (κ2) is 7.22. The van der Waals surface area contributed by atoms with E-state index in [1.807, 2.05) is 13.0 Å². The summed E-state index contributed by atoms with van der Waals surface area (Å²) in [4.78, 5) is 21.8. The lowest BCUT2D eigenvalue weighted by Crippen LogP contribution is -2.29. The lowest BCUT2D eigenvalue weighted by atomic mass is 9.87. The van der Waals surface area contributed by atoms with Crippen molar-refractivity contribution >= 4 is 17.4 Å². The van der Waals surface area contributed by atoms with Crippen molar-refractivity contribution in [3.8, 4) is 17.5 Å². The van der Waals surface area contributed by atoms with Crippen molar-refractivity contribution < 1.29 is 13.2 Å². The van der Waals surface area contributed by atoms with Gasteiger partial charge in [-0.1, -0.05) is 6.92 Å². The molecule has 152 valence electrons. The highest BCUT2D eigenvalue weighted by Gasteiger charge is 2.35. The summed E-state index contributed by atoms with van der Waals surface area (Å²) in [6.07, 6.45) is -1.73. The van der Waals surface area contributed by atoms with E-state index in [-0.39, 0.29) is 5.65 Å².